The van der Waals surface area contributed by atoms with E-state index in [9.17, 15) is 9.59 Å². The van der Waals surface area contributed by atoms with Gasteiger partial charge in [0.2, 0.25) is 0 Å². The quantitative estimate of drug-likeness (QED) is 0.621. The molecule has 1 fully saturated rings. The van der Waals surface area contributed by atoms with Gasteiger partial charge in [0.1, 0.15) is 17.4 Å². The molecule has 5 nitrogen and oxygen atoms in total. The van der Waals surface area contributed by atoms with Gasteiger partial charge < -0.3 is 9.47 Å². The molecule has 21 heavy (non-hydrogen) atoms. The first-order chi connectivity index (χ1) is 9.87. The first-order valence-corrected chi connectivity index (χ1v) is 7.13. The molecule has 0 bridgehead atoms. The topological polar surface area (TPSA) is 55.8 Å². The number of benzene rings is 1. The molecule has 1 saturated heterocycles. The van der Waals surface area contributed by atoms with Crippen molar-refractivity contribution in [3.8, 4) is 5.75 Å². The maximum absolute atomic E-state index is 12.2. The molecule has 0 radical (unpaired) electrons. The molecule has 1 aliphatic heterocycles. The Morgan fingerprint density at radius 1 is 1.19 bits per heavy atom. The Bertz CT molecular complexity index is 507. The number of esters is 1. The summed E-state index contributed by atoms with van der Waals surface area (Å²) in [6.07, 6.45) is 0.911. The van der Waals surface area contributed by atoms with E-state index in [1.807, 2.05) is 6.07 Å². The van der Waals surface area contributed by atoms with Crippen LogP contribution in [0, 0.1) is 0 Å². The zero-order valence-electron chi connectivity index (χ0n) is 12.7. The predicted molar refractivity (Wildman–Crippen MR) is 78.0 cm³/mol. The number of amides is 1. The lowest BCUT2D eigenvalue weighted by molar-refractivity contribution is -0.139. The second-order valence-corrected chi connectivity index (χ2v) is 6.07. The van der Waals surface area contributed by atoms with Crippen molar-refractivity contribution in [3.63, 3.8) is 0 Å². The van der Waals surface area contributed by atoms with Crippen molar-refractivity contribution in [2.75, 3.05) is 6.54 Å². The van der Waals surface area contributed by atoms with Gasteiger partial charge in [-0.1, -0.05) is 18.2 Å². The summed E-state index contributed by atoms with van der Waals surface area (Å²) in [5, 5.41) is 0. The van der Waals surface area contributed by atoms with Crippen LogP contribution >= 0.6 is 0 Å². The van der Waals surface area contributed by atoms with Gasteiger partial charge in [-0.2, -0.15) is 0 Å². The van der Waals surface area contributed by atoms with Crippen LogP contribution in [-0.2, 0) is 9.53 Å². The Labute approximate surface area is 124 Å². The van der Waals surface area contributed by atoms with E-state index < -0.39 is 23.7 Å². The Kier molecular flexibility index (Phi) is 4.50. The molecule has 0 N–H and O–H groups in total. The fraction of sp³-hybridized carbons (Fsp3) is 0.500. The molecule has 0 aliphatic carbocycles. The van der Waals surface area contributed by atoms with Gasteiger partial charge in [0.05, 0.1) is 0 Å². The summed E-state index contributed by atoms with van der Waals surface area (Å²) in [5.41, 5.74) is -0.576. The molecule has 1 aliphatic rings. The maximum atomic E-state index is 12.2. The summed E-state index contributed by atoms with van der Waals surface area (Å²) in [6.45, 7) is 5.93. The van der Waals surface area contributed by atoms with Crippen molar-refractivity contribution in [3.05, 3.63) is 30.3 Å². The zero-order valence-corrected chi connectivity index (χ0v) is 12.7. The van der Waals surface area contributed by atoms with Crippen LogP contribution in [0.4, 0.5) is 4.79 Å². The smallest absolute Gasteiger partial charge is 0.411 e. The minimum atomic E-state index is -0.576. The first-order valence-electron chi connectivity index (χ1n) is 7.13. The number of hydrogen-bond acceptors (Lipinski definition) is 4. The average Bonchev–Trinajstić information content (AvgIpc) is 2.87. The van der Waals surface area contributed by atoms with Crippen LogP contribution in [0.2, 0.25) is 0 Å². The SMILES string of the molecule is CC(C)(C)OC(=O)N1CCC[C@H]1C(=O)Oc1ccccc1. The van der Waals surface area contributed by atoms with E-state index in [-0.39, 0.29) is 0 Å². The second kappa shape index (κ2) is 6.16. The number of nitrogens with zero attached hydrogens (tertiary/aromatic N) is 1. The normalized spacial score (nSPS) is 18.4. The molecular weight excluding hydrogens is 270 g/mol. The lowest BCUT2D eigenvalue weighted by Gasteiger charge is -2.27. The third kappa shape index (κ3) is 4.21. The fourth-order valence-electron chi connectivity index (χ4n) is 2.22. The van der Waals surface area contributed by atoms with E-state index in [4.69, 9.17) is 9.47 Å². The molecule has 0 saturated carbocycles. The van der Waals surface area contributed by atoms with Crippen LogP contribution in [0.5, 0.6) is 5.75 Å². The van der Waals surface area contributed by atoms with E-state index in [0.29, 0.717) is 18.7 Å². The number of carbonyl (C=O) groups excluding carboxylic acids is 2. The van der Waals surface area contributed by atoms with Gasteiger partial charge in [-0.25, -0.2) is 9.59 Å². The maximum Gasteiger partial charge on any atom is 0.411 e. The number of ether oxygens (including phenoxy) is 2. The predicted octanol–water partition coefficient (Wildman–Crippen LogP) is 2.99. The van der Waals surface area contributed by atoms with E-state index in [2.05, 4.69) is 0 Å². The summed E-state index contributed by atoms with van der Waals surface area (Å²) in [4.78, 5) is 25.8. The van der Waals surface area contributed by atoms with E-state index in [1.54, 1.807) is 45.0 Å². The van der Waals surface area contributed by atoms with Crippen LogP contribution in [0.15, 0.2) is 30.3 Å². The molecule has 5 heteroatoms. The number of hydrogen-bond donors (Lipinski definition) is 0. The van der Waals surface area contributed by atoms with Crippen LogP contribution < -0.4 is 4.74 Å². The highest BCUT2D eigenvalue weighted by Gasteiger charge is 2.37. The first kappa shape index (κ1) is 15.4. The van der Waals surface area contributed by atoms with Crippen LogP contribution in [0.25, 0.3) is 0 Å². The summed E-state index contributed by atoms with van der Waals surface area (Å²) in [6, 6.07) is 8.29. The molecule has 0 aromatic heterocycles. The number of likely N-dealkylation sites (tertiary alicyclic amines) is 1. The van der Waals surface area contributed by atoms with Crippen molar-refractivity contribution >= 4 is 12.1 Å². The van der Waals surface area contributed by atoms with E-state index in [1.165, 1.54) is 4.90 Å². The molecule has 0 spiro atoms. The highest BCUT2D eigenvalue weighted by atomic mass is 16.6. The van der Waals surface area contributed by atoms with Crippen molar-refractivity contribution in [2.24, 2.45) is 0 Å². The number of rotatable bonds is 2. The lowest BCUT2D eigenvalue weighted by Crippen LogP contribution is -2.44. The molecular formula is C16H21NO4. The molecule has 1 aromatic rings. The summed E-state index contributed by atoms with van der Waals surface area (Å²) < 4.78 is 10.7. The molecule has 0 unspecified atom stereocenters. The molecule has 1 aromatic carbocycles. The Balaban J connectivity index is 2.01. The van der Waals surface area contributed by atoms with Gasteiger partial charge in [0.15, 0.2) is 0 Å². The standard InChI is InChI=1S/C16H21NO4/c1-16(2,3)21-15(19)17-11-7-10-13(17)14(18)20-12-8-5-4-6-9-12/h4-6,8-9,13H,7,10-11H2,1-3H3/t13-/m0/s1. The Hall–Kier alpha value is -2.04. The van der Waals surface area contributed by atoms with Gasteiger partial charge in [0.25, 0.3) is 0 Å². The van der Waals surface area contributed by atoms with Gasteiger partial charge in [0, 0.05) is 6.54 Å². The van der Waals surface area contributed by atoms with Crippen molar-refractivity contribution in [1.29, 1.82) is 0 Å². The van der Waals surface area contributed by atoms with Crippen LogP contribution in [-0.4, -0.2) is 35.2 Å². The molecule has 1 amide bonds. The number of para-hydroxylation sites is 1. The summed E-state index contributed by atoms with van der Waals surface area (Å²) >= 11 is 0. The molecule has 114 valence electrons. The van der Waals surface area contributed by atoms with Gasteiger partial charge >= 0.3 is 12.1 Å². The van der Waals surface area contributed by atoms with Crippen molar-refractivity contribution in [2.45, 2.75) is 45.3 Å². The third-order valence-corrected chi connectivity index (χ3v) is 3.11. The Morgan fingerprint density at radius 2 is 1.86 bits per heavy atom. The van der Waals surface area contributed by atoms with Gasteiger partial charge in [-0.05, 0) is 45.7 Å². The lowest BCUT2D eigenvalue weighted by atomic mass is 10.2. The summed E-state index contributed by atoms with van der Waals surface area (Å²) in [5.74, 6) is 0.0723. The minimum Gasteiger partial charge on any atom is -0.444 e. The zero-order chi connectivity index (χ0) is 15.5. The van der Waals surface area contributed by atoms with Gasteiger partial charge in [-0.3, -0.25) is 4.90 Å². The van der Waals surface area contributed by atoms with Crippen LogP contribution in [0.1, 0.15) is 33.6 Å². The highest BCUT2D eigenvalue weighted by molar-refractivity contribution is 5.83. The Morgan fingerprint density at radius 3 is 2.48 bits per heavy atom. The number of carbonyl (C=O) groups is 2. The average molecular weight is 291 g/mol. The minimum absolute atomic E-state index is 0.412. The molecule has 1 heterocycles. The van der Waals surface area contributed by atoms with Gasteiger partial charge in [-0.15, -0.1) is 0 Å². The molecule has 2 rings (SSSR count). The van der Waals surface area contributed by atoms with Crippen molar-refractivity contribution < 1.29 is 19.1 Å². The van der Waals surface area contributed by atoms with Crippen LogP contribution in [0.3, 0.4) is 0 Å². The highest BCUT2D eigenvalue weighted by Crippen LogP contribution is 2.22. The second-order valence-electron chi connectivity index (χ2n) is 6.07. The summed E-state index contributed by atoms with van der Waals surface area (Å²) in [7, 11) is 0. The van der Waals surface area contributed by atoms with Crippen molar-refractivity contribution in [1.82, 2.24) is 4.90 Å². The van der Waals surface area contributed by atoms with E-state index in [0.717, 1.165) is 6.42 Å². The monoisotopic (exact) mass is 291 g/mol. The largest absolute Gasteiger partial charge is 0.444 e. The van der Waals surface area contributed by atoms with E-state index >= 15 is 0 Å². The third-order valence-electron chi connectivity index (χ3n) is 3.11. The fourth-order valence-corrected chi connectivity index (χ4v) is 2.22. The molecule has 1 atom stereocenters.